The molecule has 4 heteroatoms. The van der Waals surface area contributed by atoms with Crippen molar-refractivity contribution in [2.24, 2.45) is 18.9 Å². The fourth-order valence-corrected chi connectivity index (χ4v) is 3.27. The smallest absolute Gasteiger partial charge is 0.132 e. The van der Waals surface area contributed by atoms with Gasteiger partial charge in [-0.05, 0) is 38.0 Å². The summed E-state index contributed by atoms with van der Waals surface area (Å²) in [4.78, 5) is 2.41. The van der Waals surface area contributed by atoms with Crippen LogP contribution >= 0.6 is 0 Å². The zero-order valence-corrected chi connectivity index (χ0v) is 12.7. The third kappa shape index (κ3) is 2.94. The molecule has 19 heavy (non-hydrogen) atoms. The zero-order chi connectivity index (χ0) is 14.0. The molecular formula is C15H27N3O. The van der Waals surface area contributed by atoms with E-state index in [1.54, 1.807) is 0 Å². The van der Waals surface area contributed by atoms with E-state index in [9.17, 15) is 5.11 Å². The van der Waals surface area contributed by atoms with Crippen molar-refractivity contribution >= 4 is 5.82 Å². The molecule has 0 spiro atoms. The average Bonchev–Trinajstić information content (AvgIpc) is 2.56. The molecule has 2 rings (SSSR count). The molecular weight excluding hydrogens is 238 g/mol. The Balaban J connectivity index is 2.18. The van der Waals surface area contributed by atoms with Crippen molar-refractivity contribution in [1.82, 2.24) is 9.78 Å². The molecule has 0 radical (unpaired) electrons. The lowest BCUT2D eigenvalue weighted by Crippen LogP contribution is -2.27. The van der Waals surface area contributed by atoms with Crippen LogP contribution in [0.1, 0.15) is 44.4 Å². The highest BCUT2D eigenvalue weighted by molar-refractivity contribution is 5.50. The Morgan fingerprint density at radius 2 is 2.05 bits per heavy atom. The van der Waals surface area contributed by atoms with E-state index in [-0.39, 0.29) is 6.61 Å². The fraction of sp³-hybridized carbons (Fsp3) is 0.800. The van der Waals surface area contributed by atoms with Crippen LogP contribution in [0.4, 0.5) is 5.82 Å². The molecule has 0 bridgehead atoms. The van der Waals surface area contributed by atoms with Crippen LogP contribution in [-0.4, -0.2) is 28.0 Å². The minimum absolute atomic E-state index is 0.0825. The number of nitrogens with zero attached hydrogens (tertiary/aromatic N) is 3. The first-order valence-corrected chi connectivity index (χ1v) is 7.42. The number of aliphatic hydroxyl groups excluding tert-OH is 1. The normalized spacial score (nSPS) is 20.9. The predicted octanol–water partition coefficient (Wildman–Crippen LogP) is 2.48. The number of hydrogen-bond acceptors (Lipinski definition) is 3. The summed E-state index contributed by atoms with van der Waals surface area (Å²) < 4.78 is 1.93. The van der Waals surface area contributed by atoms with Crippen LogP contribution in [0.5, 0.6) is 0 Å². The summed E-state index contributed by atoms with van der Waals surface area (Å²) >= 11 is 0. The fourth-order valence-electron chi connectivity index (χ4n) is 3.27. The molecule has 4 nitrogen and oxygen atoms in total. The monoisotopic (exact) mass is 265 g/mol. The molecule has 0 aromatic carbocycles. The lowest BCUT2D eigenvalue weighted by atomic mass is 9.89. The number of aliphatic hydroxyl groups is 1. The van der Waals surface area contributed by atoms with Gasteiger partial charge >= 0.3 is 0 Å². The van der Waals surface area contributed by atoms with Gasteiger partial charge in [-0.1, -0.05) is 13.8 Å². The van der Waals surface area contributed by atoms with E-state index in [1.165, 1.54) is 19.3 Å². The molecule has 0 amide bonds. The van der Waals surface area contributed by atoms with Gasteiger partial charge in [0.2, 0.25) is 0 Å². The number of aromatic nitrogens is 2. The Hall–Kier alpha value is -1.03. The molecule has 1 atom stereocenters. The minimum Gasteiger partial charge on any atom is -0.391 e. The first-order chi connectivity index (χ1) is 9.04. The molecule has 1 aromatic heterocycles. The van der Waals surface area contributed by atoms with Gasteiger partial charge < -0.3 is 10.0 Å². The van der Waals surface area contributed by atoms with Crippen molar-refractivity contribution in [2.75, 3.05) is 18.0 Å². The van der Waals surface area contributed by atoms with Crippen LogP contribution in [0, 0.1) is 18.8 Å². The largest absolute Gasteiger partial charge is 0.391 e. The third-order valence-electron chi connectivity index (χ3n) is 4.49. The van der Waals surface area contributed by atoms with Gasteiger partial charge in [0.15, 0.2) is 0 Å². The topological polar surface area (TPSA) is 41.3 Å². The zero-order valence-electron chi connectivity index (χ0n) is 12.7. The van der Waals surface area contributed by atoms with Gasteiger partial charge in [0, 0.05) is 25.7 Å². The summed E-state index contributed by atoms with van der Waals surface area (Å²) in [6.45, 7) is 8.87. The Bertz CT molecular complexity index is 425. The van der Waals surface area contributed by atoms with Crippen molar-refractivity contribution in [2.45, 2.75) is 46.6 Å². The Morgan fingerprint density at radius 3 is 2.68 bits per heavy atom. The van der Waals surface area contributed by atoms with Gasteiger partial charge in [-0.15, -0.1) is 0 Å². The second-order valence-electron chi connectivity index (χ2n) is 6.09. The summed E-state index contributed by atoms with van der Waals surface area (Å²) in [5.74, 6) is 2.71. The van der Waals surface area contributed by atoms with Gasteiger partial charge in [0.1, 0.15) is 5.82 Å². The molecule has 0 saturated carbocycles. The van der Waals surface area contributed by atoms with E-state index in [0.717, 1.165) is 42.0 Å². The van der Waals surface area contributed by atoms with Crippen LogP contribution in [0.2, 0.25) is 0 Å². The van der Waals surface area contributed by atoms with E-state index in [0.29, 0.717) is 0 Å². The van der Waals surface area contributed by atoms with Gasteiger partial charge in [-0.3, -0.25) is 4.68 Å². The maximum absolute atomic E-state index is 9.57. The molecule has 1 saturated heterocycles. The van der Waals surface area contributed by atoms with Gasteiger partial charge in [0.25, 0.3) is 0 Å². The highest BCUT2D eigenvalue weighted by atomic mass is 16.3. The van der Waals surface area contributed by atoms with E-state index in [1.807, 2.05) is 18.7 Å². The first kappa shape index (κ1) is 14.4. The minimum atomic E-state index is 0.0825. The highest BCUT2D eigenvalue weighted by Crippen LogP contribution is 2.29. The molecule has 1 N–H and O–H groups in total. The maximum Gasteiger partial charge on any atom is 0.132 e. The van der Waals surface area contributed by atoms with Crippen molar-refractivity contribution in [3.8, 4) is 0 Å². The molecule has 1 aliphatic rings. The van der Waals surface area contributed by atoms with Crippen molar-refractivity contribution in [3.63, 3.8) is 0 Å². The van der Waals surface area contributed by atoms with Crippen molar-refractivity contribution in [3.05, 3.63) is 11.3 Å². The summed E-state index contributed by atoms with van der Waals surface area (Å²) in [7, 11) is 1.98. The van der Waals surface area contributed by atoms with Gasteiger partial charge in [-0.2, -0.15) is 5.10 Å². The molecule has 108 valence electrons. The first-order valence-electron chi connectivity index (χ1n) is 7.42. The standard InChI is InChI=1S/C15H27N3O/c1-11(2)13-6-5-8-18(9-7-13)15-14(10-19)12(3)16-17(15)4/h11,13,19H,5-10H2,1-4H3. The second kappa shape index (κ2) is 5.95. The quantitative estimate of drug-likeness (QED) is 0.913. The number of hydrogen-bond donors (Lipinski definition) is 1. The van der Waals surface area contributed by atoms with Gasteiger partial charge in [-0.25, -0.2) is 0 Å². The van der Waals surface area contributed by atoms with E-state index < -0.39 is 0 Å². The van der Waals surface area contributed by atoms with E-state index in [4.69, 9.17) is 0 Å². The third-order valence-corrected chi connectivity index (χ3v) is 4.49. The lowest BCUT2D eigenvalue weighted by molar-refractivity contribution is 0.281. The summed E-state index contributed by atoms with van der Waals surface area (Å²) in [5.41, 5.74) is 1.94. The maximum atomic E-state index is 9.57. The van der Waals surface area contributed by atoms with Crippen LogP contribution in [0.3, 0.4) is 0 Å². The van der Waals surface area contributed by atoms with E-state index >= 15 is 0 Å². The van der Waals surface area contributed by atoms with Gasteiger partial charge in [0.05, 0.1) is 12.3 Å². The molecule has 1 aliphatic heterocycles. The van der Waals surface area contributed by atoms with Crippen molar-refractivity contribution in [1.29, 1.82) is 0 Å². The van der Waals surface area contributed by atoms with Crippen LogP contribution < -0.4 is 4.90 Å². The Morgan fingerprint density at radius 1 is 1.32 bits per heavy atom. The Labute approximate surface area is 116 Å². The summed E-state index contributed by atoms with van der Waals surface area (Å²) in [6, 6.07) is 0. The number of rotatable bonds is 3. The summed E-state index contributed by atoms with van der Waals surface area (Å²) in [6.07, 6.45) is 3.80. The molecule has 1 fully saturated rings. The Kier molecular flexibility index (Phi) is 4.50. The summed E-state index contributed by atoms with van der Waals surface area (Å²) in [5, 5.41) is 14.0. The molecule has 1 aromatic rings. The average molecular weight is 265 g/mol. The van der Waals surface area contributed by atoms with Crippen LogP contribution in [0.15, 0.2) is 0 Å². The predicted molar refractivity (Wildman–Crippen MR) is 78.3 cm³/mol. The second-order valence-corrected chi connectivity index (χ2v) is 6.09. The lowest BCUT2D eigenvalue weighted by Gasteiger charge is -2.24. The van der Waals surface area contributed by atoms with Crippen LogP contribution in [0.25, 0.3) is 0 Å². The van der Waals surface area contributed by atoms with E-state index in [2.05, 4.69) is 23.8 Å². The van der Waals surface area contributed by atoms with Crippen molar-refractivity contribution < 1.29 is 5.11 Å². The molecule has 1 unspecified atom stereocenters. The highest BCUT2D eigenvalue weighted by Gasteiger charge is 2.23. The molecule has 2 heterocycles. The number of aryl methyl sites for hydroxylation is 2. The number of anilines is 1. The SMILES string of the molecule is Cc1nn(C)c(N2CCCC(C(C)C)CC2)c1CO. The van der Waals surface area contributed by atoms with Crippen LogP contribution in [-0.2, 0) is 13.7 Å². The molecule has 0 aliphatic carbocycles.